The smallest absolute Gasteiger partial charge is 0.423 e. The van der Waals surface area contributed by atoms with Gasteiger partial charge in [-0.2, -0.15) is 0 Å². The summed E-state index contributed by atoms with van der Waals surface area (Å²) in [5, 5.41) is 18.9. The maximum atomic E-state index is 9.45. The van der Waals surface area contributed by atoms with Crippen LogP contribution < -0.4 is 5.46 Å². The molecule has 1 heterocycles. The largest absolute Gasteiger partial charge is 0.488 e. The molecule has 20 heavy (non-hydrogen) atoms. The van der Waals surface area contributed by atoms with E-state index in [1.54, 1.807) is 6.07 Å². The van der Waals surface area contributed by atoms with Gasteiger partial charge in [-0.25, -0.2) is 0 Å². The molecule has 1 saturated heterocycles. The van der Waals surface area contributed by atoms with Gasteiger partial charge in [-0.05, 0) is 38.7 Å². The third-order valence-corrected chi connectivity index (χ3v) is 3.49. The summed E-state index contributed by atoms with van der Waals surface area (Å²) in [6, 6.07) is 7.46. The van der Waals surface area contributed by atoms with Gasteiger partial charge in [0.2, 0.25) is 0 Å². The lowest BCUT2D eigenvalue weighted by molar-refractivity contribution is -0.182. The summed E-state index contributed by atoms with van der Waals surface area (Å²) in [4.78, 5) is 2.31. The van der Waals surface area contributed by atoms with E-state index in [1.165, 1.54) is 0 Å². The van der Waals surface area contributed by atoms with Crippen LogP contribution in [0.1, 0.15) is 33.3 Å². The van der Waals surface area contributed by atoms with Crippen LogP contribution in [0.2, 0.25) is 0 Å². The molecule has 1 aliphatic heterocycles. The molecule has 0 unspecified atom stereocenters. The van der Waals surface area contributed by atoms with Crippen LogP contribution in [0.25, 0.3) is 0 Å². The Bertz CT molecular complexity index is 458. The SMILES string of the molecule is CC1(C)CN(Cc2ccccc2B(O)O)CC(C)(C)O1. The predicted octanol–water partition coefficient (Wildman–Crippen LogP) is 0.756. The quantitative estimate of drug-likeness (QED) is 0.801. The fourth-order valence-corrected chi connectivity index (χ4v) is 3.23. The Balaban J connectivity index is 2.18. The normalized spacial score (nSPS) is 21.7. The van der Waals surface area contributed by atoms with Gasteiger partial charge < -0.3 is 14.8 Å². The van der Waals surface area contributed by atoms with E-state index in [1.807, 2.05) is 18.2 Å². The van der Waals surface area contributed by atoms with Crippen molar-refractivity contribution >= 4 is 12.6 Å². The number of morpholine rings is 1. The molecule has 0 bridgehead atoms. The molecule has 0 aromatic heterocycles. The van der Waals surface area contributed by atoms with Crippen LogP contribution in [0, 0.1) is 0 Å². The van der Waals surface area contributed by atoms with Gasteiger partial charge in [0.1, 0.15) is 0 Å². The number of ether oxygens (including phenoxy) is 1. The van der Waals surface area contributed by atoms with Crippen molar-refractivity contribution in [3.8, 4) is 0 Å². The Morgan fingerprint density at radius 2 is 1.65 bits per heavy atom. The number of nitrogens with zero attached hydrogens (tertiary/aromatic N) is 1. The molecule has 0 saturated carbocycles. The fraction of sp³-hybridized carbons (Fsp3) is 0.600. The monoisotopic (exact) mass is 277 g/mol. The summed E-state index contributed by atoms with van der Waals surface area (Å²) in [6.45, 7) is 10.7. The van der Waals surface area contributed by atoms with E-state index < -0.39 is 7.12 Å². The highest BCUT2D eigenvalue weighted by Crippen LogP contribution is 2.28. The maximum absolute atomic E-state index is 9.45. The molecule has 110 valence electrons. The van der Waals surface area contributed by atoms with Crippen molar-refractivity contribution in [3.05, 3.63) is 29.8 Å². The summed E-state index contributed by atoms with van der Waals surface area (Å²) < 4.78 is 6.07. The molecule has 2 rings (SSSR count). The van der Waals surface area contributed by atoms with Crippen LogP contribution >= 0.6 is 0 Å². The first-order chi connectivity index (χ1) is 9.19. The average molecular weight is 277 g/mol. The van der Waals surface area contributed by atoms with Crippen molar-refractivity contribution in [2.24, 2.45) is 0 Å². The molecule has 0 aliphatic carbocycles. The first-order valence-corrected chi connectivity index (χ1v) is 7.05. The van der Waals surface area contributed by atoms with Gasteiger partial charge in [0, 0.05) is 19.6 Å². The van der Waals surface area contributed by atoms with Crippen LogP contribution in [0.3, 0.4) is 0 Å². The van der Waals surface area contributed by atoms with Gasteiger partial charge in [0.25, 0.3) is 0 Å². The topological polar surface area (TPSA) is 52.9 Å². The first-order valence-electron chi connectivity index (χ1n) is 7.05. The molecule has 0 radical (unpaired) electrons. The van der Waals surface area contributed by atoms with Crippen molar-refractivity contribution in [2.75, 3.05) is 13.1 Å². The minimum absolute atomic E-state index is 0.200. The lowest BCUT2D eigenvalue weighted by Crippen LogP contribution is -2.57. The zero-order valence-corrected chi connectivity index (χ0v) is 12.8. The second-order valence-corrected chi connectivity index (χ2v) is 6.84. The van der Waals surface area contributed by atoms with Gasteiger partial charge in [0.15, 0.2) is 0 Å². The molecular formula is C15H24BNO3. The predicted molar refractivity (Wildman–Crippen MR) is 80.8 cm³/mol. The van der Waals surface area contributed by atoms with Crippen LogP contribution in [0.15, 0.2) is 24.3 Å². The maximum Gasteiger partial charge on any atom is 0.488 e. The third-order valence-electron chi connectivity index (χ3n) is 3.49. The minimum Gasteiger partial charge on any atom is -0.423 e. The van der Waals surface area contributed by atoms with Crippen molar-refractivity contribution in [1.29, 1.82) is 0 Å². The summed E-state index contributed by atoms with van der Waals surface area (Å²) in [5.41, 5.74) is 1.13. The lowest BCUT2D eigenvalue weighted by atomic mass is 9.77. The summed E-state index contributed by atoms with van der Waals surface area (Å²) >= 11 is 0. The van der Waals surface area contributed by atoms with Crippen LogP contribution in [-0.4, -0.2) is 46.4 Å². The Kier molecular flexibility index (Phi) is 4.26. The van der Waals surface area contributed by atoms with Crippen LogP contribution in [0.4, 0.5) is 0 Å². The van der Waals surface area contributed by atoms with E-state index in [4.69, 9.17) is 4.74 Å². The summed E-state index contributed by atoms with van der Waals surface area (Å²) in [5.74, 6) is 0. The molecule has 5 heteroatoms. The minimum atomic E-state index is -1.42. The molecule has 1 fully saturated rings. The second-order valence-electron chi connectivity index (χ2n) is 6.84. The van der Waals surface area contributed by atoms with E-state index in [9.17, 15) is 10.0 Å². The van der Waals surface area contributed by atoms with Crippen molar-refractivity contribution < 1.29 is 14.8 Å². The summed E-state index contributed by atoms with van der Waals surface area (Å²) in [7, 11) is -1.42. The molecule has 1 aromatic rings. The number of rotatable bonds is 3. The second kappa shape index (κ2) is 5.49. The summed E-state index contributed by atoms with van der Waals surface area (Å²) in [6.07, 6.45) is 0. The van der Waals surface area contributed by atoms with Gasteiger partial charge in [0.05, 0.1) is 11.2 Å². The zero-order valence-electron chi connectivity index (χ0n) is 12.8. The number of hydrogen-bond acceptors (Lipinski definition) is 4. The molecule has 4 nitrogen and oxygen atoms in total. The lowest BCUT2D eigenvalue weighted by Gasteiger charge is -2.47. The highest BCUT2D eigenvalue weighted by Gasteiger charge is 2.38. The van der Waals surface area contributed by atoms with Gasteiger partial charge in [-0.15, -0.1) is 0 Å². The van der Waals surface area contributed by atoms with Gasteiger partial charge in [-0.1, -0.05) is 24.3 Å². The van der Waals surface area contributed by atoms with Crippen molar-refractivity contribution in [3.63, 3.8) is 0 Å². The number of benzene rings is 1. The van der Waals surface area contributed by atoms with E-state index in [0.29, 0.717) is 12.0 Å². The molecule has 2 N–H and O–H groups in total. The van der Waals surface area contributed by atoms with Gasteiger partial charge in [-0.3, -0.25) is 4.90 Å². The Labute approximate surface area is 121 Å². The van der Waals surface area contributed by atoms with Gasteiger partial charge >= 0.3 is 7.12 Å². The van der Waals surface area contributed by atoms with E-state index in [0.717, 1.165) is 18.7 Å². The Hall–Kier alpha value is -0.875. The molecular weight excluding hydrogens is 253 g/mol. The average Bonchev–Trinajstić information content (AvgIpc) is 2.24. The van der Waals surface area contributed by atoms with E-state index >= 15 is 0 Å². The van der Waals surface area contributed by atoms with Crippen molar-refractivity contribution in [2.45, 2.75) is 45.4 Å². The molecule has 0 atom stereocenters. The van der Waals surface area contributed by atoms with Crippen LogP contribution in [0.5, 0.6) is 0 Å². The highest BCUT2D eigenvalue weighted by molar-refractivity contribution is 6.59. The standard InChI is InChI=1S/C15H24BNO3/c1-14(2)10-17(11-15(3,4)20-14)9-12-7-5-6-8-13(12)16(18)19/h5-8,18-19H,9-11H2,1-4H3. The fourth-order valence-electron chi connectivity index (χ4n) is 3.23. The third kappa shape index (κ3) is 3.82. The first kappa shape index (κ1) is 15.5. The molecule has 1 aromatic carbocycles. The molecule has 0 spiro atoms. The zero-order chi connectivity index (χ0) is 15.0. The Morgan fingerprint density at radius 1 is 1.10 bits per heavy atom. The van der Waals surface area contributed by atoms with E-state index in [-0.39, 0.29) is 11.2 Å². The van der Waals surface area contributed by atoms with Crippen molar-refractivity contribution in [1.82, 2.24) is 4.90 Å². The van der Waals surface area contributed by atoms with E-state index in [2.05, 4.69) is 32.6 Å². The number of hydrogen-bond donors (Lipinski definition) is 2. The highest BCUT2D eigenvalue weighted by atomic mass is 16.5. The Morgan fingerprint density at radius 3 is 2.20 bits per heavy atom. The molecule has 0 amide bonds. The molecule has 1 aliphatic rings. The van der Waals surface area contributed by atoms with Crippen LogP contribution in [-0.2, 0) is 11.3 Å².